The van der Waals surface area contributed by atoms with Gasteiger partial charge in [-0.25, -0.2) is 22.8 Å². The second kappa shape index (κ2) is 5.69. The van der Waals surface area contributed by atoms with Crippen LogP contribution in [0, 0.1) is 11.6 Å². The molecule has 0 amide bonds. The summed E-state index contributed by atoms with van der Waals surface area (Å²) in [4.78, 5) is 3.66. The summed E-state index contributed by atoms with van der Waals surface area (Å²) < 4.78 is 42.9. The van der Waals surface area contributed by atoms with Crippen molar-refractivity contribution in [3.8, 4) is 0 Å². The first-order valence-corrected chi connectivity index (χ1v) is 6.51. The highest BCUT2D eigenvalue weighted by Gasteiger charge is 2.49. The lowest BCUT2D eigenvalue weighted by Gasteiger charge is -2.37. The van der Waals surface area contributed by atoms with Crippen LogP contribution in [0.3, 0.4) is 0 Å². The number of nitrogens with zero attached hydrogens (tertiary/aromatic N) is 3. The van der Waals surface area contributed by atoms with Crippen LogP contribution in [-0.2, 0) is 12.1 Å². The van der Waals surface area contributed by atoms with E-state index in [9.17, 15) is 23.4 Å². The Bertz CT molecular complexity index is 643. The maximum absolute atomic E-state index is 14.7. The van der Waals surface area contributed by atoms with Crippen molar-refractivity contribution in [2.75, 3.05) is 0 Å². The number of halogens is 3. The third-order valence-electron chi connectivity index (χ3n) is 3.31. The molecule has 1 aromatic carbocycles. The highest BCUT2D eigenvalue weighted by molar-refractivity contribution is 5.27. The Hall–Kier alpha value is -1.93. The van der Waals surface area contributed by atoms with Gasteiger partial charge in [-0.1, -0.05) is 6.07 Å². The molecule has 2 unspecified atom stereocenters. The number of benzene rings is 1. The third-order valence-corrected chi connectivity index (χ3v) is 3.31. The van der Waals surface area contributed by atoms with Gasteiger partial charge in [0.25, 0.3) is 0 Å². The Kier molecular flexibility index (Phi) is 4.25. The van der Waals surface area contributed by atoms with Crippen molar-refractivity contribution >= 4 is 0 Å². The molecular weight excluding hydrogens is 299 g/mol. The highest BCUT2D eigenvalue weighted by Crippen LogP contribution is 2.36. The van der Waals surface area contributed by atoms with E-state index in [0.717, 1.165) is 30.7 Å². The molecule has 0 aliphatic rings. The zero-order valence-corrected chi connectivity index (χ0v) is 12.0. The van der Waals surface area contributed by atoms with Crippen LogP contribution in [0.25, 0.3) is 0 Å². The first-order chi connectivity index (χ1) is 10.1. The van der Waals surface area contributed by atoms with Gasteiger partial charge in [0.2, 0.25) is 0 Å². The number of hydrogen-bond acceptors (Lipinski definition) is 4. The molecule has 0 saturated heterocycles. The SMILES string of the molecule is CC(C)(O)C(F)C(O)(Cn1cncn1)c1ccc(F)cc1F. The minimum Gasteiger partial charge on any atom is -0.387 e. The average Bonchev–Trinajstić information content (AvgIpc) is 2.89. The average molecular weight is 315 g/mol. The molecule has 120 valence electrons. The molecule has 2 N–H and O–H groups in total. The van der Waals surface area contributed by atoms with Crippen LogP contribution in [0.15, 0.2) is 30.9 Å². The van der Waals surface area contributed by atoms with Crippen LogP contribution in [0.1, 0.15) is 19.4 Å². The van der Waals surface area contributed by atoms with E-state index in [1.165, 1.54) is 12.7 Å². The van der Waals surface area contributed by atoms with E-state index >= 15 is 0 Å². The summed E-state index contributed by atoms with van der Waals surface area (Å²) in [5.41, 5.74) is -4.89. The van der Waals surface area contributed by atoms with Gasteiger partial charge in [-0.15, -0.1) is 0 Å². The summed E-state index contributed by atoms with van der Waals surface area (Å²) in [7, 11) is 0. The van der Waals surface area contributed by atoms with Crippen molar-refractivity contribution in [2.45, 2.75) is 37.8 Å². The first kappa shape index (κ1) is 16.4. The molecular formula is C14H16F3N3O2. The zero-order valence-electron chi connectivity index (χ0n) is 12.0. The van der Waals surface area contributed by atoms with E-state index in [4.69, 9.17) is 0 Å². The summed E-state index contributed by atoms with van der Waals surface area (Å²) in [6.45, 7) is 1.79. The highest BCUT2D eigenvalue weighted by atomic mass is 19.1. The van der Waals surface area contributed by atoms with Gasteiger partial charge in [-0.3, -0.25) is 0 Å². The van der Waals surface area contributed by atoms with Gasteiger partial charge in [0.1, 0.15) is 29.9 Å². The summed E-state index contributed by atoms with van der Waals surface area (Å²) >= 11 is 0. The van der Waals surface area contributed by atoms with Gasteiger partial charge in [0, 0.05) is 11.6 Å². The first-order valence-electron chi connectivity index (χ1n) is 6.51. The molecule has 5 nitrogen and oxygen atoms in total. The van der Waals surface area contributed by atoms with Crippen molar-refractivity contribution in [3.05, 3.63) is 48.1 Å². The predicted octanol–water partition coefficient (Wildman–Crippen LogP) is 1.55. The van der Waals surface area contributed by atoms with E-state index in [1.807, 2.05) is 0 Å². The maximum atomic E-state index is 14.7. The Balaban J connectivity index is 2.53. The van der Waals surface area contributed by atoms with Gasteiger partial charge >= 0.3 is 0 Å². The molecule has 0 bridgehead atoms. The molecule has 1 aromatic heterocycles. The maximum Gasteiger partial charge on any atom is 0.163 e. The largest absolute Gasteiger partial charge is 0.387 e. The molecule has 0 aliphatic carbocycles. The van der Waals surface area contributed by atoms with Crippen molar-refractivity contribution in [1.29, 1.82) is 0 Å². The van der Waals surface area contributed by atoms with E-state index in [0.29, 0.717) is 6.07 Å². The van der Waals surface area contributed by atoms with Crippen LogP contribution < -0.4 is 0 Å². The Morgan fingerprint density at radius 3 is 2.45 bits per heavy atom. The molecule has 0 saturated carbocycles. The number of aromatic nitrogens is 3. The van der Waals surface area contributed by atoms with Gasteiger partial charge in [-0.05, 0) is 19.9 Å². The summed E-state index contributed by atoms with van der Waals surface area (Å²) in [6, 6.07) is 2.39. The molecule has 2 rings (SSSR count). The molecule has 2 aromatic rings. The standard InChI is InChI=1S/C14H16F3N3O2/c1-13(2,21)12(17)14(22,6-20-8-18-7-19-20)10-4-3-9(15)5-11(10)16/h3-5,7-8,12,21-22H,6H2,1-2H3. The minimum atomic E-state index is -2.45. The van der Waals surface area contributed by atoms with E-state index in [-0.39, 0.29) is 0 Å². The molecule has 0 spiro atoms. The number of aliphatic hydroxyl groups is 2. The number of rotatable bonds is 5. The number of hydrogen-bond donors (Lipinski definition) is 2. The van der Waals surface area contributed by atoms with Crippen LogP contribution in [-0.4, -0.2) is 36.8 Å². The smallest absolute Gasteiger partial charge is 0.163 e. The van der Waals surface area contributed by atoms with E-state index in [2.05, 4.69) is 10.1 Å². The van der Waals surface area contributed by atoms with E-state index < -0.39 is 41.1 Å². The van der Waals surface area contributed by atoms with Gasteiger partial charge in [0.15, 0.2) is 6.17 Å². The van der Waals surface area contributed by atoms with Gasteiger partial charge < -0.3 is 10.2 Å². The van der Waals surface area contributed by atoms with Crippen molar-refractivity contribution < 1.29 is 23.4 Å². The molecule has 0 radical (unpaired) electrons. The fourth-order valence-corrected chi connectivity index (χ4v) is 2.29. The van der Waals surface area contributed by atoms with Crippen molar-refractivity contribution in [2.24, 2.45) is 0 Å². The zero-order chi connectivity index (χ0) is 16.5. The van der Waals surface area contributed by atoms with Crippen LogP contribution in [0.5, 0.6) is 0 Å². The quantitative estimate of drug-likeness (QED) is 0.878. The van der Waals surface area contributed by atoms with Crippen LogP contribution >= 0.6 is 0 Å². The third kappa shape index (κ3) is 3.12. The fraction of sp³-hybridized carbons (Fsp3) is 0.429. The molecule has 2 atom stereocenters. The van der Waals surface area contributed by atoms with Crippen LogP contribution in [0.2, 0.25) is 0 Å². The lowest BCUT2D eigenvalue weighted by atomic mass is 9.81. The van der Waals surface area contributed by atoms with Crippen molar-refractivity contribution in [3.63, 3.8) is 0 Å². The fourth-order valence-electron chi connectivity index (χ4n) is 2.29. The van der Waals surface area contributed by atoms with Crippen molar-refractivity contribution in [1.82, 2.24) is 14.8 Å². The van der Waals surface area contributed by atoms with E-state index in [1.54, 1.807) is 0 Å². The minimum absolute atomic E-state index is 0.473. The van der Waals surface area contributed by atoms with Gasteiger partial charge in [0.05, 0.1) is 12.1 Å². The Morgan fingerprint density at radius 2 is 1.95 bits per heavy atom. The Morgan fingerprint density at radius 1 is 1.27 bits per heavy atom. The topological polar surface area (TPSA) is 71.2 Å². The molecule has 0 fully saturated rings. The normalized spacial score (nSPS) is 16.3. The second-order valence-corrected chi connectivity index (χ2v) is 5.66. The summed E-state index contributed by atoms with van der Waals surface area (Å²) in [5, 5.41) is 24.4. The predicted molar refractivity (Wildman–Crippen MR) is 71.5 cm³/mol. The second-order valence-electron chi connectivity index (χ2n) is 5.66. The van der Waals surface area contributed by atoms with Gasteiger partial charge in [-0.2, -0.15) is 5.10 Å². The number of alkyl halides is 1. The molecule has 1 heterocycles. The molecule has 0 aliphatic heterocycles. The summed E-state index contributed by atoms with van der Waals surface area (Å²) in [6.07, 6.45) is 0.117. The monoisotopic (exact) mass is 315 g/mol. The summed E-state index contributed by atoms with van der Waals surface area (Å²) in [5.74, 6) is -1.97. The lowest BCUT2D eigenvalue weighted by molar-refractivity contribution is -0.137. The molecule has 22 heavy (non-hydrogen) atoms. The Labute approximate surface area is 125 Å². The molecule has 8 heteroatoms. The van der Waals surface area contributed by atoms with Crippen LogP contribution in [0.4, 0.5) is 13.2 Å². The lowest BCUT2D eigenvalue weighted by Crippen LogP contribution is -2.52.